The molecular formula is C19H21N3O3. The normalized spacial score (nSPS) is 35.2. The molecule has 2 unspecified atom stereocenters. The zero-order chi connectivity index (χ0) is 17.0. The lowest BCUT2D eigenvalue weighted by Gasteiger charge is -2.55. The Morgan fingerprint density at radius 1 is 1.20 bits per heavy atom. The molecule has 130 valence electrons. The third kappa shape index (κ3) is 2.35. The Labute approximate surface area is 145 Å². The maximum atomic E-state index is 12.7. The second-order valence-corrected chi connectivity index (χ2v) is 7.49. The van der Waals surface area contributed by atoms with E-state index in [1.807, 2.05) is 24.3 Å². The summed E-state index contributed by atoms with van der Waals surface area (Å²) in [5.41, 5.74) is 2.49. The number of esters is 1. The van der Waals surface area contributed by atoms with Gasteiger partial charge in [-0.25, -0.2) is 4.79 Å². The predicted molar refractivity (Wildman–Crippen MR) is 93.0 cm³/mol. The maximum Gasteiger partial charge on any atom is 0.340 e. The van der Waals surface area contributed by atoms with Crippen LogP contribution >= 0.6 is 0 Å². The smallest absolute Gasteiger partial charge is 0.340 e. The average molecular weight is 339 g/mol. The number of H-pyrrole nitrogens is 1. The molecule has 4 bridgehead atoms. The first-order valence-electron chi connectivity index (χ1n) is 8.96. The molecule has 4 aliphatic rings. The molecule has 1 aromatic heterocycles. The minimum atomic E-state index is -0.236. The molecule has 0 aliphatic carbocycles. The summed E-state index contributed by atoms with van der Waals surface area (Å²) in [6.45, 7) is 0.764. The van der Waals surface area contributed by atoms with Crippen LogP contribution in [-0.2, 0) is 4.74 Å². The summed E-state index contributed by atoms with van der Waals surface area (Å²) in [6, 6.07) is 8.65. The fourth-order valence-electron chi connectivity index (χ4n) is 5.00. The summed E-state index contributed by atoms with van der Waals surface area (Å²) in [5, 5.41) is 13.5. The largest absolute Gasteiger partial charge is 0.459 e. The Morgan fingerprint density at radius 3 is 2.68 bits per heavy atom. The van der Waals surface area contributed by atoms with E-state index in [0.717, 1.165) is 48.8 Å². The van der Waals surface area contributed by atoms with Gasteiger partial charge in [0.2, 0.25) is 0 Å². The number of nitrogens with one attached hydrogen (secondary N) is 1. The molecular weight excluding hydrogens is 318 g/mol. The van der Waals surface area contributed by atoms with Crippen LogP contribution in [0.2, 0.25) is 0 Å². The number of hydrogen-bond donors (Lipinski definition) is 2. The van der Waals surface area contributed by atoms with Gasteiger partial charge in [0.1, 0.15) is 6.10 Å². The van der Waals surface area contributed by atoms with Crippen molar-refractivity contribution in [3.05, 3.63) is 36.0 Å². The number of piperidine rings is 4. The summed E-state index contributed by atoms with van der Waals surface area (Å²) < 4.78 is 5.88. The number of oxime groups is 1. The Balaban J connectivity index is 1.31. The lowest BCUT2D eigenvalue weighted by molar-refractivity contribution is -0.0528. The van der Waals surface area contributed by atoms with Crippen LogP contribution in [0, 0.1) is 5.92 Å². The highest BCUT2D eigenvalue weighted by Crippen LogP contribution is 2.42. The first-order valence-corrected chi connectivity index (χ1v) is 8.96. The van der Waals surface area contributed by atoms with E-state index in [2.05, 4.69) is 15.0 Å². The predicted octanol–water partition coefficient (Wildman–Crippen LogP) is 2.78. The molecule has 0 radical (unpaired) electrons. The van der Waals surface area contributed by atoms with Crippen LogP contribution in [0.1, 0.15) is 36.0 Å². The molecule has 2 atom stereocenters. The lowest BCUT2D eigenvalue weighted by Crippen LogP contribution is -2.63. The first-order chi connectivity index (χ1) is 12.2. The number of rotatable bonds is 2. The molecule has 6 nitrogen and oxygen atoms in total. The Bertz CT molecular complexity index is 842. The van der Waals surface area contributed by atoms with E-state index in [1.165, 1.54) is 0 Å². The van der Waals surface area contributed by atoms with Crippen molar-refractivity contribution in [3.63, 3.8) is 0 Å². The molecule has 2 N–H and O–H groups in total. The number of aromatic nitrogens is 1. The highest BCUT2D eigenvalue weighted by Gasteiger charge is 2.48. The molecule has 4 fully saturated rings. The zero-order valence-corrected chi connectivity index (χ0v) is 13.9. The van der Waals surface area contributed by atoms with Gasteiger partial charge in [-0.05, 0) is 18.9 Å². The van der Waals surface area contributed by atoms with E-state index in [-0.39, 0.29) is 12.1 Å². The van der Waals surface area contributed by atoms with Gasteiger partial charge in [0, 0.05) is 54.5 Å². The Kier molecular flexibility index (Phi) is 3.35. The fourth-order valence-corrected chi connectivity index (χ4v) is 5.00. The van der Waals surface area contributed by atoms with Crippen LogP contribution in [0.15, 0.2) is 35.6 Å². The van der Waals surface area contributed by atoms with Crippen molar-refractivity contribution in [2.24, 2.45) is 11.1 Å². The summed E-state index contributed by atoms with van der Waals surface area (Å²) in [5.74, 6) is 0.162. The third-order valence-corrected chi connectivity index (χ3v) is 6.15. The summed E-state index contributed by atoms with van der Waals surface area (Å²) >= 11 is 0. The van der Waals surface area contributed by atoms with Crippen molar-refractivity contribution in [1.29, 1.82) is 0 Å². The second kappa shape index (κ2) is 5.59. The van der Waals surface area contributed by atoms with E-state index in [4.69, 9.17) is 9.94 Å². The number of nitrogens with zero attached hydrogens (tertiary/aromatic N) is 2. The van der Waals surface area contributed by atoms with Gasteiger partial charge in [0.15, 0.2) is 0 Å². The summed E-state index contributed by atoms with van der Waals surface area (Å²) in [6.07, 6.45) is 5.49. The number of aromatic amines is 1. The van der Waals surface area contributed by atoms with Gasteiger partial charge in [-0.2, -0.15) is 0 Å². The van der Waals surface area contributed by atoms with Crippen LogP contribution in [0.5, 0.6) is 0 Å². The second-order valence-electron chi connectivity index (χ2n) is 7.49. The van der Waals surface area contributed by atoms with Crippen LogP contribution in [0.25, 0.3) is 10.9 Å². The van der Waals surface area contributed by atoms with E-state index in [1.54, 1.807) is 6.20 Å². The molecule has 4 aliphatic heterocycles. The van der Waals surface area contributed by atoms with Crippen molar-refractivity contribution in [1.82, 2.24) is 9.88 Å². The molecule has 2 aromatic rings. The van der Waals surface area contributed by atoms with E-state index >= 15 is 0 Å². The van der Waals surface area contributed by atoms with E-state index in [0.29, 0.717) is 23.6 Å². The quantitative estimate of drug-likeness (QED) is 0.501. The van der Waals surface area contributed by atoms with E-state index in [9.17, 15) is 4.79 Å². The van der Waals surface area contributed by atoms with Crippen molar-refractivity contribution in [2.45, 2.75) is 43.9 Å². The first kappa shape index (κ1) is 15.0. The zero-order valence-electron chi connectivity index (χ0n) is 13.9. The highest BCUT2D eigenvalue weighted by molar-refractivity contribution is 6.04. The van der Waals surface area contributed by atoms with Crippen molar-refractivity contribution < 1.29 is 14.7 Å². The van der Waals surface area contributed by atoms with Gasteiger partial charge in [0.05, 0.1) is 11.3 Å². The number of carbonyl (C=O) groups excluding carboxylic acids is 1. The minimum Gasteiger partial charge on any atom is -0.459 e. The molecule has 0 spiro atoms. The number of fused-ring (bicyclic) bond motifs is 2. The summed E-state index contributed by atoms with van der Waals surface area (Å²) in [4.78, 5) is 18.2. The van der Waals surface area contributed by atoms with Gasteiger partial charge in [-0.3, -0.25) is 4.90 Å². The van der Waals surface area contributed by atoms with E-state index < -0.39 is 0 Å². The SMILES string of the molecule is O=C(OC1CC2CC3CC(C1)N2C/C3=N\O)c1c[nH]c2ccccc12. The molecule has 6 heteroatoms. The molecule has 25 heavy (non-hydrogen) atoms. The van der Waals surface area contributed by atoms with Crippen LogP contribution in [0.3, 0.4) is 0 Å². The molecule has 1 aromatic carbocycles. The van der Waals surface area contributed by atoms with Gasteiger partial charge in [-0.15, -0.1) is 0 Å². The number of hydrogen-bond acceptors (Lipinski definition) is 5. The average Bonchev–Trinajstić information content (AvgIpc) is 3.05. The molecule has 0 amide bonds. The van der Waals surface area contributed by atoms with Crippen LogP contribution in [-0.4, -0.2) is 51.5 Å². The number of benzene rings is 1. The van der Waals surface area contributed by atoms with Gasteiger partial charge in [0.25, 0.3) is 0 Å². The van der Waals surface area contributed by atoms with Crippen molar-refractivity contribution in [3.8, 4) is 0 Å². The topological polar surface area (TPSA) is 77.9 Å². The van der Waals surface area contributed by atoms with Crippen molar-refractivity contribution >= 4 is 22.6 Å². The highest BCUT2D eigenvalue weighted by atomic mass is 16.5. The monoisotopic (exact) mass is 339 g/mol. The minimum absolute atomic E-state index is 0.0269. The third-order valence-electron chi connectivity index (χ3n) is 6.15. The van der Waals surface area contributed by atoms with Gasteiger partial charge < -0.3 is 14.9 Å². The number of ether oxygens (including phenoxy) is 1. The Hall–Kier alpha value is -2.34. The van der Waals surface area contributed by atoms with Crippen molar-refractivity contribution in [2.75, 3.05) is 6.54 Å². The van der Waals surface area contributed by atoms with Gasteiger partial charge >= 0.3 is 5.97 Å². The maximum absolute atomic E-state index is 12.7. The Morgan fingerprint density at radius 2 is 1.96 bits per heavy atom. The van der Waals surface area contributed by atoms with Crippen LogP contribution < -0.4 is 0 Å². The number of para-hydroxylation sites is 1. The van der Waals surface area contributed by atoms with Gasteiger partial charge in [-0.1, -0.05) is 23.4 Å². The summed E-state index contributed by atoms with van der Waals surface area (Å²) in [7, 11) is 0. The number of carbonyl (C=O) groups is 1. The standard InChI is InChI=1S/C19H21N3O3/c23-19(16-9-20-17-4-2-1-3-15(16)17)25-14-7-12-5-11-6-13(8-14)22(12)10-18(11)21-24/h1-4,9,11-14,20,24H,5-8,10H2/b21-18+. The molecule has 6 rings (SSSR count). The molecule has 5 heterocycles. The lowest BCUT2D eigenvalue weighted by atomic mass is 9.71. The van der Waals surface area contributed by atoms with Crippen LogP contribution in [0.4, 0.5) is 0 Å². The molecule has 4 saturated heterocycles. The fraction of sp³-hybridized carbons (Fsp3) is 0.474. The molecule has 0 saturated carbocycles.